The third-order valence-electron chi connectivity index (χ3n) is 2.69. The lowest BCUT2D eigenvalue weighted by molar-refractivity contribution is 0.0963. The highest BCUT2D eigenvalue weighted by atomic mass is 32.2. The Bertz CT molecular complexity index is 521. The molecular formula is C12H18N2O4S. The van der Waals surface area contributed by atoms with Crippen LogP contribution in [-0.4, -0.2) is 39.1 Å². The molecule has 0 aromatic heterocycles. The Morgan fingerprint density at radius 3 is 2.32 bits per heavy atom. The third-order valence-corrected chi connectivity index (χ3v) is 4.23. The zero-order valence-electron chi connectivity index (χ0n) is 10.9. The van der Waals surface area contributed by atoms with Crippen molar-refractivity contribution in [1.29, 1.82) is 0 Å². The van der Waals surface area contributed by atoms with E-state index >= 15 is 0 Å². The number of hydrogen-bond donors (Lipinski definition) is 3. The van der Waals surface area contributed by atoms with Crippen LogP contribution in [0.4, 0.5) is 0 Å². The summed E-state index contributed by atoms with van der Waals surface area (Å²) in [7, 11) is -2.17. The van der Waals surface area contributed by atoms with Gasteiger partial charge < -0.3 is 10.4 Å². The molecule has 1 amide bonds. The number of aliphatic hydroxyl groups excluding tert-OH is 1. The lowest BCUT2D eigenvalue weighted by atomic mass is 10.2. The first kappa shape index (κ1) is 15.6. The van der Waals surface area contributed by atoms with Gasteiger partial charge in [0.25, 0.3) is 5.91 Å². The zero-order valence-corrected chi connectivity index (χ0v) is 11.7. The average Bonchev–Trinajstić information content (AvgIpc) is 2.44. The molecule has 0 fully saturated rings. The molecular weight excluding hydrogens is 268 g/mol. The van der Waals surface area contributed by atoms with Crippen molar-refractivity contribution in [3.05, 3.63) is 29.8 Å². The van der Waals surface area contributed by atoms with Crippen LogP contribution in [0.1, 0.15) is 23.7 Å². The molecule has 1 aromatic carbocycles. The Morgan fingerprint density at radius 2 is 1.89 bits per heavy atom. The molecule has 0 bridgehead atoms. The van der Waals surface area contributed by atoms with Crippen molar-refractivity contribution in [3.63, 3.8) is 0 Å². The Hall–Kier alpha value is -1.44. The van der Waals surface area contributed by atoms with Gasteiger partial charge in [-0.25, -0.2) is 13.1 Å². The Balaban J connectivity index is 2.93. The fourth-order valence-corrected chi connectivity index (χ4v) is 2.78. The van der Waals surface area contributed by atoms with Crippen LogP contribution >= 0.6 is 0 Å². The first-order chi connectivity index (χ1) is 8.94. The maximum absolute atomic E-state index is 12.0. The van der Waals surface area contributed by atoms with E-state index in [4.69, 9.17) is 5.11 Å². The fraction of sp³-hybridized carbons (Fsp3) is 0.417. The molecule has 0 unspecified atom stereocenters. The van der Waals surface area contributed by atoms with Crippen LogP contribution < -0.4 is 10.0 Å². The Kier molecular flexibility index (Phi) is 5.46. The summed E-state index contributed by atoms with van der Waals surface area (Å²) in [6, 6.07) is 5.08. The first-order valence-electron chi connectivity index (χ1n) is 5.90. The van der Waals surface area contributed by atoms with E-state index in [1.807, 2.05) is 0 Å². The number of rotatable bonds is 6. The maximum atomic E-state index is 12.0. The second kappa shape index (κ2) is 6.65. The van der Waals surface area contributed by atoms with Gasteiger partial charge in [0.2, 0.25) is 10.0 Å². The molecule has 0 aliphatic rings. The lowest BCUT2D eigenvalue weighted by Crippen LogP contribution is -2.36. The van der Waals surface area contributed by atoms with Gasteiger partial charge in [0.15, 0.2) is 0 Å². The summed E-state index contributed by atoms with van der Waals surface area (Å²) >= 11 is 0. The quantitative estimate of drug-likeness (QED) is 0.691. The summed E-state index contributed by atoms with van der Waals surface area (Å²) in [6.07, 6.45) is 0.492. The predicted octanol–water partition coefficient (Wildman–Crippen LogP) is 0.0954. The summed E-state index contributed by atoms with van der Waals surface area (Å²) in [4.78, 5) is 11.4. The monoisotopic (exact) mass is 286 g/mol. The van der Waals surface area contributed by atoms with Crippen molar-refractivity contribution in [1.82, 2.24) is 10.0 Å². The molecule has 1 atom stereocenters. The highest BCUT2D eigenvalue weighted by Gasteiger charge is 2.18. The number of nitrogens with one attached hydrogen (secondary N) is 2. The average molecular weight is 286 g/mol. The number of benzene rings is 1. The van der Waals surface area contributed by atoms with Gasteiger partial charge in [0.1, 0.15) is 0 Å². The number of carbonyl (C=O) groups excluding carboxylic acids is 1. The minimum atomic E-state index is -3.67. The van der Waals surface area contributed by atoms with Gasteiger partial charge in [-0.15, -0.1) is 0 Å². The van der Waals surface area contributed by atoms with Gasteiger partial charge in [-0.1, -0.05) is 6.92 Å². The van der Waals surface area contributed by atoms with E-state index in [1.165, 1.54) is 31.3 Å². The molecule has 0 aliphatic heterocycles. The van der Waals surface area contributed by atoms with E-state index in [-0.39, 0.29) is 17.4 Å². The van der Waals surface area contributed by atoms with Gasteiger partial charge in [-0.3, -0.25) is 4.79 Å². The number of amides is 1. The molecule has 3 N–H and O–H groups in total. The second-order valence-corrected chi connectivity index (χ2v) is 5.73. The van der Waals surface area contributed by atoms with E-state index < -0.39 is 16.1 Å². The molecule has 0 heterocycles. The fourth-order valence-electron chi connectivity index (χ4n) is 1.47. The van der Waals surface area contributed by atoms with Crippen LogP contribution in [0.25, 0.3) is 0 Å². The largest absolute Gasteiger partial charge is 0.395 e. The predicted molar refractivity (Wildman–Crippen MR) is 71.3 cm³/mol. The summed E-state index contributed by atoms with van der Waals surface area (Å²) in [5, 5.41) is 11.5. The van der Waals surface area contributed by atoms with Crippen molar-refractivity contribution in [2.45, 2.75) is 24.3 Å². The van der Waals surface area contributed by atoms with Gasteiger partial charge in [-0.05, 0) is 30.7 Å². The van der Waals surface area contributed by atoms with E-state index in [2.05, 4.69) is 10.0 Å². The Labute approximate surface area is 112 Å². The van der Waals surface area contributed by atoms with E-state index in [9.17, 15) is 13.2 Å². The standard InChI is InChI=1S/C12H18N2O4S/c1-3-10(8-15)14-19(17,18)11-6-4-9(5-7-11)12(16)13-2/h4-7,10,14-15H,3,8H2,1-2H3,(H,13,16)/t10-/m0/s1. The molecule has 0 aliphatic carbocycles. The lowest BCUT2D eigenvalue weighted by Gasteiger charge is -2.14. The normalized spacial score (nSPS) is 13.0. The van der Waals surface area contributed by atoms with Crippen molar-refractivity contribution in [2.24, 2.45) is 0 Å². The first-order valence-corrected chi connectivity index (χ1v) is 7.38. The highest BCUT2D eigenvalue weighted by Crippen LogP contribution is 2.11. The Morgan fingerprint density at radius 1 is 1.32 bits per heavy atom. The molecule has 1 aromatic rings. The van der Waals surface area contributed by atoms with Crippen molar-refractivity contribution < 1.29 is 18.3 Å². The van der Waals surface area contributed by atoms with E-state index in [0.717, 1.165) is 0 Å². The van der Waals surface area contributed by atoms with Gasteiger partial charge in [-0.2, -0.15) is 0 Å². The molecule has 7 heteroatoms. The van der Waals surface area contributed by atoms with Crippen LogP contribution in [0.2, 0.25) is 0 Å². The molecule has 6 nitrogen and oxygen atoms in total. The molecule has 0 saturated carbocycles. The molecule has 0 radical (unpaired) electrons. The number of sulfonamides is 1. The van der Waals surface area contributed by atoms with Crippen LogP contribution in [0.15, 0.2) is 29.2 Å². The maximum Gasteiger partial charge on any atom is 0.251 e. The van der Waals surface area contributed by atoms with Crippen molar-refractivity contribution >= 4 is 15.9 Å². The van der Waals surface area contributed by atoms with Crippen LogP contribution in [-0.2, 0) is 10.0 Å². The van der Waals surface area contributed by atoms with E-state index in [1.54, 1.807) is 6.92 Å². The van der Waals surface area contributed by atoms with Gasteiger partial charge in [0.05, 0.1) is 11.5 Å². The number of aliphatic hydroxyl groups is 1. The second-order valence-electron chi connectivity index (χ2n) is 4.01. The topological polar surface area (TPSA) is 95.5 Å². The molecule has 1 rings (SSSR count). The van der Waals surface area contributed by atoms with E-state index in [0.29, 0.717) is 12.0 Å². The minimum Gasteiger partial charge on any atom is -0.395 e. The number of hydrogen-bond acceptors (Lipinski definition) is 4. The summed E-state index contributed by atoms with van der Waals surface area (Å²) in [5.41, 5.74) is 0.385. The van der Waals surface area contributed by atoms with Gasteiger partial charge >= 0.3 is 0 Å². The van der Waals surface area contributed by atoms with Gasteiger partial charge in [0, 0.05) is 18.7 Å². The zero-order chi connectivity index (χ0) is 14.5. The molecule has 106 valence electrons. The third kappa shape index (κ3) is 4.02. The van der Waals surface area contributed by atoms with Crippen molar-refractivity contribution in [2.75, 3.05) is 13.7 Å². The molecule has 0 spiro atoms. The summed E-state index contributed by atoms with van der Waals surface area (Å²) in [6.45, 7) is 1.52. The summed E-state index contributed by atoms with van der Waals surface area (Å²) in [5.74, 6) is -0.279. The van der Waals surface area contributed by atoms with Crippen molar-refractivity contribution in [3.8, 4) is 0 Å². The SMILES string of the molecule is CC[C@@H](CO)NS(=O)(=O)c1ccc(C(=O)NC)cc1. The van der Waals surface area contributed by atoms with Crippen LogP contribution in [0.3, 0.4) is 0 Å². The highest BCUT2D eigenvalue weighted by molar-refractivity contribution is 7.89. The summed E-state index contributed by atoms with van der Waals surface area (Å²) < 4.78 is 26.4. The minimum absolute atomic E-state index is 0.0621. The smallest absolute Gasteiger partial charge is 0.251 e. The molecule has 19 heavy (non-hydrogen) atoms. The van der Waals surface area contributed by atoms with Crippen LogP contribution in [0, 0.1) is 0 Å². The molecule has 0 saturated heterocycles. The number of carbonyl (C=O) groups is 1. The van der Waals surface area contributed by atoms with Crippen LogP contribution in [0.5, 0.6) is 0 Å².